The summed E-state index contributed by atoms with van der Waals surface area (Å²) in [7, 11) is 0. The molecule has 3 rings (SSSR count). The molecule has 1 N–H and O–H groups in total. The molecule has 1 saturated carbocycles. The normalized spacial score (nSPS) is 16.2. The van der Waals surface area contributed by atoms with Gasteiger partial charge in [0.2, 0.25) is 5.91 Å². The van der Waals surface area contributed by atoms with Crippen LogP contribution < -0.4 is 5.32 Å². The Bertz CT molecular complexity index is 698. The van der Waals surface area contributed by atoms with Gasteiger partial charge in [-0.2, -0.15) is 0 Å². The minimum atomic E-state index is 0.0659. The zero-order valence-corrected chi connectivity index (χ0v) is 15.7. The Morgan fingerprint density at radius 3 is 2.76 bits per heavy atom. The largest absolute Gasteiger partial charge is 0.353 e. The van der Waals surface area contributed by atoms with Gasteiger partial charge in [0.15, 0.2) is 5.16 Å². The Kier molecular flexibility index (Phi) is 6.76. The third kappa shape index (κ3) is 5.47. The highest BCUT2D eigenvalue weighted by Gasteiger charge is 2.15. The van der Waals surface area contributed by atoms with Crippen molar-refractivity contribution < 1.29 is 4.79 Å². The van der Waals surface area contributed by atoms with Crippen LogP contribution in [0.5, 0.6) is 0 Å². The molecule has 1 aliphatic rings. The maximum Gasteiger partial charge on any atom is 0.230 e. The Morgan fingerprint density at radius 1 is 1.24 bits per heavy atom. The summed E-state index contributed by atoms with van der Waals surface area (Å²) in [5, 5.41) is 12.6. The summed E-state index contributed by atoms with van der Waals surface area (Å²) in [4.78, 5) is 12.3. The number of nitrogens with one attached hydrogen (secondary N) is 1. The van der Waals surface area contributed by atoms with E-state index in [0.717, 1.165) is 18.5 Å². The predicted molar refractivity (Wildman–Crippen MR) is 101 cm³/mol. The van der Waals surface area contributed by atoms with Gasteiger partial charge >= 0.3 is 0 Å². The summed E-state index contributed by atoms with van der Waals surface area (Å²) in [6.07, 6.45) is 10.1. The Morgan fingerprint density at radius 2 is 2.00 bits per heavy atom. The Hall–Kier alpha value is -1.53. The van der Waals surface area contributed by atoms with Crippen molar-refractivity contribution in [1.82, 2.24) is 20.1 Å². The van der Waals surface area contributed by atoms with E-state index >= 15 is 0 Å². The van der Waals surface area contributed by atoms with Crippen molar-refractivity contribution in [2.75, 3.05) is 5.75 Å². The molecule has 0 saturated heterocycles. The highest BCUT2D eigenvalue weighted by atomic mass is 35.5. The SMILES string of the molecule is O=C(CSc1nncn1-c1cccc(Cl)c1)NC1CCCCCCC1. The molecule has 0 aliphatic heterocycles. The number of halogens is 1. The van der Waals surface area contributed by atoms with Gasteiger partial charge in [-0.25, -0.2) is 0 Å². The minimum Gasteiger partial charge on any atom is -0.353 e. The summed E-state index contributed by atoms with van der Waals surface area (Å²) >= 11 is 7.44. The third-order valence-electron chi connectivity index (χ3n) is 4.41. The van der Waals surface area contributed by atoms with E-state index in [1.54, 1.807) is 6.33 Å². The van der Waals surface area contributed by atoms with Gasteiger partial charge in [-0.3, -0.25) is 9.36 Å². The van der Waals surface area contributed by atoms with Crippen LogP contribution in [-0.2, 0) is 4.79 Å². The van der Waals surface area contributed by atoms with Crippen molar-refractivity contribution in [3.05, 3.63) is 35.6 Å². The summed E-state index contributed by atoms with van der Waals surface area (Å²) in [5.41, 5.74) is 0.889. The van der Waals surface area contributed by atoms with Gasteiger partial charge in [0, 0.05) is 11.1 Å². The minimum absolute atomic E-state index is 0.0659. The molecule has 0 radical (unpaired) electrons. The molecule has 0 bridgehead atoms. The maximum atomic E-state index is 12.3. The Balaban J connectivity index is 1.55. The first kappa shape index (κ1) is 18.3. The fourth-order valence-electron chi connectivity index (χ4n) is 3.13. The van der Waals surface area contributed by atoms with Gasteiger partial charge in [-0.05, 0) is 31.0 Å². The second-order valence-corrected chi connectivity index (χ2v) is 7.74. The summed E-state index contributed by atoms with van der Waals surface area (Å²) in [6, 6.07) is 7.81. The van der Waals surface area contributed by atoms with Crippen molar-refractivity contribution in [3.8, 4) is 5.69 Å². The molecule has 0 atom stereocenters. The number of carbonyl (C=O) groups excluding carboxylic acids is 1. The number of amides is 1. The van der Waals surface area contributed by atoms with Crippen LogP contribution >= 0.6 is 23.4 Å². The van der Waals surface area contributed by atoms with Crippen LogP contribution in [0, 0.1) is 0 Å². The standard InChI is InChI=1S/C18H23ClN4OS/c19-14-7-6-10-16(11-14)23-13-20-22-18(23)25-12-17(24)21-15-8-4-2-1-3-5-9-15/h6-7,10-11,13,15H,1-5,8-9,12H2,(H,21,24). The molecule has 134 valence electrons. The lowest BCUT2D eigenvalue weighted by atomic mass is 9.97. The number of hydrogen-bond acceptors (Lipinski definition) is 4. The molecule has 1 fully saturated rings. The van der Waals surface area contributed by atoms with E-state index < -0.39 is 0 Å². The van der Waals surface area contributed by atoms with Crippen LogP contribution in [0.25, 0.3) is 5.69 Å². The van der Waals surface area contributed by atoms with Crippen LogP contribution in [0.15, 0.2) is 35.7 Å². The first-order valence-corrected chi connectivity index (χ1v) is 10.2. The highest BCUT2D eigenvalue weighted by Crippen LogP contribution is 2.22. The molecule has 0 unspecified atom stereocenters. The fourth-order valence-corrected chi connectivity index (χ4v) is 4.05. The number of carbonyl (C=O) groups is 1. The molecular formula is C18H23ClN4OS. The zero-order chi connectivity index (χ0) is 17.5. The van der Waals surface area contributed by atoms with Crippen molar-refractivity contribution in [1.29, 1.82) is 0 Å². The smallest absolute Gasteiger partial charge is 0.230 e. The monoisotopic (exact) mass is 378 g/mol. The summed E-state index contributed by atoms with van der Waals surface area (Å²) in [5.74, 6) is 0.409. The van der Waals surface area contributed by atoms with E-state index in [0.29, 0.717) is 22.0 Å². The number of thioether (sulfide) groups is 1. The van der Waals surface area contributed by atoms with E-state index in [9.17, 15) is 4.79 Å². The van der Waals surface area contributed by atoms with Gasteiger partial charge in [0.05, 0.1) is 11.4 Å². The van der Waals surface area contributed by atoms with E-state index in [1.165, 1.54) is 43.9 Å². The molecule has 0 spiro atoms. The lowest BCUT2D eigenvalue weighted by Gasteiger charge is -2.20. The van der Waals surface area contributed by atoms with Crippen molar-refractivity contribution in [2.45, 2.75) is 56.1 Å². The van der Waals surface area contributed by atoms with Crippen molar-refractivity contribution >= 4 is 29.3 Å². The van der Waals surface area contributed by atoms with Crippen molar-refractivity contribution in [2.24, 2.45) is 0 Å². The highest BCUT2D eigenvalue weighted by molar-refractivity contribution is 7.99. The first-order valence-electron chi connectivity index (χ1n) is 8.80. The van der Waals surface area contributed by atoms with Crippen LogP contribution in [0.1, 0.15) is 44.9 Å². The average molecular weight is 379 g/mol. The summed E-state index contributed by atoms with van der Waals surface area (Å²) < 4.78 is 1.85. The number of hydrogen-bond donors (Lipinski definition) is 1. The van der Waals surface area contributed by atoms with E-state index in [-0.39, 0.29) is 5.91 Å². The number of rotatable bonds is 5. The average Bonchev–Trinajstić information content (AvgIpc) is 3.04. The molecule has 1 aromatic carbocycles. The van der Waals surface area contributed by atoms with E-state index in [4.69, 9.17) is 11.6 Å². The van der Waals surface area contributed by atoms with E-state index in [2.05, 4.69) is 15.5 Å². The second-order valence-electron chi connectivity index (χ2n) is 6.36. The maximum absolute atomic E-state index is 12.3. The van der Waals surface area contributed by atoms with Gasteiger partial charge in [-0.1, -0.05) is 61.5 Å². The molecule has 5 nitrogen and oxygen atoms in total. The van der Waals surface area contributed by atoms with Gasteiger partial charge in [0.1, 0.15) is 6.33 Å². The number of aromatic nitrogens is 3. The molecule has 2 aromatic rings. The number of nitrogens with zero attached hydrogens (tertiary/aromatic N) is 3. The fraction of sp³-hybridized carbons (Fsp3) is 0.500. The first-order chi connectivity index (χ1) is 12.2. The molecule has 1 aliphatic carbocycles. The third-order valence-corrected chi connectivity index (χ3v) is 5.58. The second kappa shape index (κ2) is 9.25. The van der Waals surface area contributed by atoms with Crippen molar-refractivity contribution in [3.63, 3.8) is 0 Å². The molecule has 1 amide bonds. The van der Waals surface area contributed by atoms with Gasteiger partial charge < -0.3 is 5.32 Å². The number of benzene rings is 1. The van der Waals surface area contributed by atoms with Crippen LogP contribution in [0.4, 0.5) is 0 Å². The van der Waals surface area contributed by atoms with Crippen LogP contribution in [0.2, 0.25) is 5.02 Å². The zero-order valence-electron chi connectivity index (χ0n) is 14.2. The summed E-state index contributed by atoms with van der Waals surface area (Å²) in [6.45, 7) is 0. The quantitative estimate of drug-likeness (QED) is 0.790. The lowest BCUT2D eigenvalue weighted by molar-refractivity contribution is -0.119. The van der Waals surface area contributed by atoms with Crippen LogP contribution in [-0.4, -0.2) is 32.5 Å². The Labute approximate surface area is 157 Å². The molecule has 7 heteroatoms. The van der Waals surface area contributed by atoms with E-state index in [1.807, 2.05) is 28.8 Å². The molecule has 1 heterocycles. The topological polar surface area (TPSA) is 59.8 Å². The van der Waals surface area contributed by atoms with Gasteiger partial charge in [0.25, 0.3) is 0 Å². The molecule has 25 heavy (non-hydrogen) atoms. The molecule has 1 aromatic heterocycles. The predicted octanol–water partition coefficient (Wildman–Crippen LogP) is 4.24. The van der Waals surface area contributed by atoms with Crippen LogP contribution in [0.3, 0.4) is 0 Å². The molecular weight excluding hydrogens is 356 g/mol. The van der Waals surface area contributed by atoms with Gasteiger partial charge in [-0.15, -0.1) is 10.2 Å². The lowest BCUT2D eigenvalue weighted by Crippen LogP contribution is -2.36.